The van der Waals surface area contributed by atoms with E-state index < -0.39 is 10.1 Å². The fourth-order valence-corrected chi connectivity index (χ4v) is 3.32. The Morgan fingerprint density at radius 1 is 1.04 bits per heavy atom. The summed E-state index contributed by atoms with van der Waals surface area (Å²) in [5.41, 5.74) is 11.7. The molecule has 3 rings (SSSR count). The van der Waals surface area contributed by atoms with Crippen molar-refractivity contribution in [3.8, 4) is 0 Å². The first-order chi connectivity index (χ1) is 11.4. The van der Waals surface area contributed by atoms with Crippen molar-refractivity contribution in [1.82, 2.24) is 0 Å². The summed E-state index contributed by atoms with van der Waals surface area (Å²) >= 11 is 0. The molecular formula is C19H24N2O3S. The molecule has 1 heterocycles. The van der Waals surface area contributed by atoms with Gasteiger partial charge in [-0.2, -0.15) is 0 Å². The molecule has 0 amide bonds. The molecule has 6 heteroatoms. The smallest absolute Gasteiger partial charge is 0.209 e. The minimum absolute atomic E-state index is 0.111. The highest BCUT2D eigenvalue weighted by molar-refractivity contribution is 7.85. The van der Waals surface area contributed by atoms with Crippen LogP contribution in [-0.4, -0.2) is 30.3 Å². The largest absolute Gasteiger partial charge is 0.744 e. The second-order valence-electron chi connectivity index (χ2n) is 6.81. The van der Waals surface area contributed by atoms with Crippen molar-refractivity contribution >= 4 is 27.2 Å². The third-order valence-corrected chi connectivity index (χ3v) is 5.62. The second kappa shape index (κ2) is 6.61. The molecule has 0 saturated heterocycles. The van der Waals surface area contributed by atoms with Crippen LogP contribution in [0, 0.1) is 6.92 Å². The van der Waals surface area contributed by atoms with Crippen LogP contribution in [0.2, 0.25) is 0 Å². The Labute approximate surface area is 149 Å². The number of anilines is 1. The van der Waals surface area contributed by atoms with E-state index in [-0.39, 0.29) is 10.3 Å². The Kier molecular flexibility index (Phi) is 5.06. The van der Waals surface area contributed by atoms with Gasteiger partial charge in [0, 0.05) is 24.2 Å². The SMILES string of the molecule is CC1=[N+](C)c2ccc(N)cc2C1(C)C.Cc1ccc(S(=O)(=O)[O-])cc1. The molecule has 5 nitrogen and oxygen atoms in total. The molecule has 0 saturated carbocycles. The van der Waals surface area contributed by atoms with E-state index >= 15 is 0 Å². The maximum absolute atomic E-state index is 10.4. The third kappa shape index (κ3) is 3.91. The maximum Gasteiger partial charge on any atom is 0.209 e. The highest BCUT2D eigenvalue weighted by Gasteiger charge is 2.41. The van der Waals surface area contributed by atoms with Gasteiger partial charge in [-0.3, -0.25) is 0 Å². The number of nitrogen functional groups attached to an aromatic ring is 1. The molecule has 0 radical (unpaired) electrons. The highest BCUT2D eigenvalue weighted by atomic mass is 32.2. The molecule has 0 fully saturated rings. The van der Waals surface area contributed by atoms with Crippen LogP contribution in [0.15, 0.2) is 47.4 Å². The molecule has 2 N–H and O–H groups in total. The number of rotatable bonds is 1. The predicted octanol–water partition coefficient (Wildman–Crippen LogP) is 3.19. The Morgan fingerprint density at radius 2 is 1.60 bits per heavy atom. The van der Waals surface area contributed by atoms with Crippen LogP contribution in [0.3, 0.4) is 0 Å². The van der Waals surface area contributed by atoms with Crippen molar-refractivity contribution in [3.05, 3.63) is 53.6 Å². The van der Waals surface area contributed by atoms with E-state index in [1.165, 1.54) is 29.1 Å². The fourth-order valence-electron chi connectivity index (χ4n) is 2.85. The Hall–Kier alpha value is -2.18. The summed E-state index contributed by atoms with van der Waals surface area (Å²) in [6.07, 6.45) is 0. The monoisotopic (exact) mass is 360 g/mol. The zero-order valence-electron chi connectivity index (χ0n) is 15.2. The van der Waals surface area contributed by atoms with Crippen molar-refractivity contribution in [2.24, 2.45) is 0 Å². The van der Waals surface area contributed by atoms with Crippen molar-refractivity contribution in [2.45, 2.75) is 38.0 Å². The van der Waals surface area contributed by atoms with Crippen LogP contribution >= 0.6 is 0 Å². The first-order valence-electron chi connectivity index (χ1n) is 7.95. The molecule has 2 aromatic carbocycles. The first-order valence-corrected chi connectivity index (χ1v) is 9.35. The number of nitrogens with two attached hydrogens (primary N) is 1. The van der Waals surface area contributed by atoms with Gasteiger partial charge in [0.05, 0.1) is 10.3 Å². The highest BCUT2D eigenvalue weighted by Crippen LogP contribution is 2.39. The topological polar surface area (TPSA) is 86.2 Å². The van der Waals surface area contributed by atoms with E-state index in [9.17, 15) is 13.0 Å². The minimum atomic E-state index is -4.27. The first kappa shape index (κ1) is 19.1. The van der Waals surface area contributed by atoms with E-state index in [0.29, 0.717) is 0 Å². The molecule has 0 atom stereocenters. The number of aryl methyl sites for hydroxylation is 1. The summed E-state index contributed by atoms with van der Waals surface area (Å²) in [6, 6.07) is 11.9. The normalized spacial score (nSPS) is 15.4. The standard InChI is InChI=1S/C12H17N2.C7H8O3S/c1-8-12(2,3)10-7-9(13)5-6-11(10)14(8)4;1-6-2-4-7(5-3-6)11(8,9)10/h5-7H,13H2,1-4H3;2-5H,1H3,(H,8,9,10)/q+1;/p-1. The lowest BCUT2D eigenvalue weighted by Crippen LogP contribution is -2.25. The Bertz CT molecular complexity index is 928. The van der Waals surface area contributed by atoms with Crippen molar-refractivity contribution in [3.63, 3.8) is 0 Å². The van der Waals surface area contributed by atoms with Gasteiger partial charge in [-0.15, -0.1) is 0 Å². The van der Waals surface area contributed by atoms with Crippen LogP contribution < -0.4 is 5.73 Å². The molecule has 25 heavy (non-hydrogen) atoms. The number of hydrogen-bond acceptors (Lipinski definition) is 4. The molecule has 0 unspecified atom stereocenters. The molecule has 1 aliphatic rings. The van der Waals surface area contributed by atoms with E-state index in [4.69, 9.17) is 5.73 Å². The molecular weight excluding hydrogens is 336 g/mol. The molecule has 0 spiro atoms. The molecule has 1 aliphatic heterocycles. The summed E-state index contributed by atoms with van der Waals surface area (Å²) in [5, 5.41) is 0. The quantitative estimate of drug-likeness (QED) is 0.481. The van der Waals surface area contributed by atoms with E-state index in [1.807, 2.05) is 13.0 Å². The third-order valence-electron chi connectivity index (χ3n) is 4.77. The van der Waals surface area contributed by atoms with Crippen molar-refractivity contribution in [2.75, 3.05) is 12.8 Å². The van der Waals surface area contributed by atoms with Gasteiger partial charge in [0.25, 0.3) is 0 Å². The van der Waals surface area contributed by atoms with Crippen LogP contribution in [0.25, 0.3) is 0 Å². The van der Waals surface area contributed by atoms with E-state index in [2.05, 4.69) is 44.5 Å². The number of nitrogens with zero attached hydrogens (tertiary/aromatic N) is 1. The van der Waals surface area contributed by atoms with E-state index in [0.717, 1.165) is 11.3 Å². The van der Waals surface area contributed by atoms with Crippen LogP contribution in [0.5, 0.6) is 0 Å². The lowest BCUT2D eigenvalue weighted by molar-refractivity contribution is -0.403. The predicted molar refractivity (Wildman–Crippen MR) is 99.5 cm³/mol. The van der Waals surface area contributed by atoms with Crippen molar-refractivity contribution < 1.29 is 17.5 Å². The maximum atomic E-state index is 10.4. The number of fused-ring (bicyclic) bond motifs is 1. The lowest BCUT2D eigenvalue weighted by atomic mass is 9.82. The zero-order valence-corrected chi connectivity index (χ0v) is 16.0. The molecule has 2 aromatic rings. The second-order valence-corrected chi connectivity index (χ2v) is 8.19. The summed E-state index contributed by atoms with van der Waals surface area (Å²) in [5.74, 6) is 0. The van der Waals surface area contributed by atoms with Gasteiger partial charge in [-0.25, -0.2) is 13.0 Å². The van der Waals surface area contributed by atoms with Gasteiger partial charge >= 0.3 is 0 Å². The molecule has 0 aromatic heterocycles. The zero-order chi connectivity index (χ0) is 19.0. The van der Waals surface area contributed by atoms with Crippen LogP contribution in [-0.2, 0) is 15.5 Å². The lowest BCUT2D eigenvalue weighted by Gasteiger charge is -2.14. The van der Waals surface area contributed by atoms with Gasteiger partial charge in [0.2, 0.25) is 5.69 Å². The number of hydrogen-bond donors (Lipinski definition) is 1. The van der Waals surface area contributed by atoms with Gasteiger partial charge in [0.15, 0.2) is 5.71 Å². The fraction of sp³-hybridized carbons (Fsp3) is 0.316. The van der Waals surface area contributed by atoms with Crippen molar-refractivity contribution in [1.29, 1.82) is 0 Å². The molecule has 0 aliphatic carbocycles. The average Bonchev–Trinajstić information content (AvgIpc) is 2.68. The Balaban J connectivity index is 0.000000186. The van der Waals surface area contributed by atoms with Gasteiger partial charge in [0.1, 0.15) is 17.2 Å². The summed E-state index contributed by atoms with van der Waals surface area (Å²) in [4.78, 5) is -0.178. The summed E-state index contributed by atoms with van der Waals surface area (Å²) < 4.78 is 33.4. The summed E-state index contributed by atoms with van der Waals surface area (Å²) in [7, 11) is -2.16. The summed E-state index contributed by atoms with van der Waals surface area (Å²) in [6.45, 7) is 8.48. The van der Waals surface area contributed by atoms with Crippen LogP contribution in [0.1, 0.15) is 31.9 Å². The van der Waals surface area contributed by atoms with Gasteiger partial charge in [-0.1, -0.05) is 17.7 Å². The average molecular weight is 360 g/mol. The van der Waals surface area contributed by atoms with Gasteiger partial charge in [-0.05, 0) is 45.0 Å². The minimum Gasteiger partial charge on any atom is -0.744 e. The Morgan fingerprint density at radius 3 is 2.12 bits per heavy atom. The molecule has 134 valence electrons. The molecule has 0 bridgehead atoms. The van der Waals surface area contributed by atoms with Gasteiger partial charge < -0.3 is 10.3 Å². The van der Waals surface area contributed by atoms with Crippen LogP contribution in [0.4, 0.5) is 11.4 Å². The van der Waals surface area contributed by atoms with E-state index in [1.54, 1.807) is 12.1 Å². The number of benzene rings is 2.